The van der Waals surface area contributed by atoms with Crippen LogP contribution in [0.2, 0.25) is 0 Å². The van der Waals surface area contributed by atoms with Gasteiger partial charge in [0.05, 0.1) is 0 Å². The highest BCUT2D eigenvalue weighted by Gasteiger charge is 2.17. The maximum atomic E-state index is 2.28. The van der Waals surface area contributed by atoms with E-state index in [4.69, 9.17) is 0 Å². The van der Waals surface area contributed by atoms with E-state index >= 15 is 0 Å². The van der Waals surface area contributed by atoms with Crippen molar-refractivity contribution in [2.75, 3.05) is 0 Å². The lowest BCUT2D eigenvalue weighted by atomic mass is 9.93. The molecule has 80 valence electrons. The molecule has 1 aliphatic carbocycles. The van der Waals surface area contributed by atoms with Gasteiger partial charge in [0.2, 0.25) is 0 Å². The van der Waals surface area contributed by atoms with Gasteiger partial charge in [0.1, 0.15) is 0 Å². The fourth-order valence-electron chi connectivity index (χ4n) is 2.20. The van der Waals surface area contributed by atoms with E-state index < -0.39 is 0 Å². The van der Waals surface area contributed by atoms with Crippen LogP contribution in [0.15, 0.2) is 60.7 Å². The molecule has 0 radical (unpaired) electrons. The third kappa shape index (κ3) is 1.77. The average Bonchev–Trinajstić information content (AvgIpc) is 2.74. The van der Waals surface area contributed by atoms with Crippen molar-refractivity contribution in [3.63, 3.8) is 0 Å². The summed E-state index contributed by atoms with van der Waals surface area (Å²) in [5, 5.41) is 0. The van der Waals surface area contributed by atoms with Crippen LogP contribution >= 0.6 is 12.4 Å². The van der Waals surface area contributed by atoms with Gasteiger partial charge in [-0.2, -0.15) is 0 Å². The molecule has 0 nitrogen and oxygen atoms in total. The van der Waals surface area contributed by atoms with Gasteiger partial charge in [-0.1, -0.05) is 66.7 Å². The van der Waals surface area contributed by atoms with Gasteiger partial charge in [0.15, 0.2) is 0 Å². The topological polar surface area (TPSA) is 0 Å². The van der Waals surface area contributed by atoms with E-state index in [0.717, 1.165) is 0 Å². The summed E-state index contributed by atoms with van der Waals surface area (Å²) in [6.45, 7) is 0. The second-order valence-electron chi connectivity index (χ2n) is 3.88. The molecule has 0 heterocycles. The largest absolute Gasteiger partial charge is 0.147 e. The SMILES string of the molecule is C1=CC(c2ccccc2)c2ccccc21.Cl. The Morgan fingerprint density at radius 2 is 1.44 bits per heavy atom. The molecule has 0 saturated heterocycles. The summed E-state index contributed by atoms with van der Waals surface area (Å²) < 4.78 is 0. The molecular formula is C15H13Cl. The van der Waals surface area contributed by atoms with Crippen molar-refractivity contribution in [3.05, 3.63) is 77.4 Å². The Bertz CT molecular complexity index is 500. The van der Waals surface area contributed by atoms with Gasteiger partial charge in [-0.15, -0.1) is 12.4 Å². The van der Waals surface area contributed by atoms with E-state index in [1.54, 1.807) is 0 Å². The molecule has 1 aliphatic rings. The third-order valence-electron chi connectivity index (χ3n) is 2.96. The normalized spacial score (nSPS) is 16.6. The van der Waals surface area contributed by atoms with Crippen LogP contribution in [0, 0.1) is 0 Å². The Morgan fingerprint density at radius 1 is 0.750 bits per heavy atom. The lowest BCUT2D eigenvalue weighted by molar-refractivity contribution is 1.05. The number of halogens is 1. The van der Waals surface area contributed by atoms with Crippen LogP contribution in [-0.4, -0.2) is 0 Å². The van der Waals surface area contributed by atoms with Crippen molar-refractivity contribution in [1.29, 1.82) is 0 Å². The minimum atomic E-state index is 0. The van der Waals surface area contributed by atoms with Crippen LogP contribution in [0.5, 0.6) is 0 Å². The molecule has 0 amide bonds. The molecule has 0 N–H and O–H groups in total. The standard InChI is InChI=1S/C15H12.ClH/c1-2-6-12(7-3-1)15-11-10-13-8-4-5-9-14(13)15;/h1-11,15H;1H. The van der Waals surface area contributed by atoms with Gasteiger partial charge in [-0.05, 0) is 16.7 Å². The van der Waals surface area contributed by atoms with Crippen LogP contribution in [0.1, 0.15) is 22.6 Å². The minimum absolute atomic E-state index is 0. The average molecular weight is 229 g/mol. The van der Waals surface area contributed by atoms with Gasteiger partial charge in [-0.3, -0.25) is 0 Å². The third-order valence-corrected chi connectivity index (χ3v) is 2.96. The number of hydrogen-bond acceptors (Lipinski definition) is 0. The zero-order valence-electron chi connectivity index (χ0n) is 8.84. The molecule has 0 spiro atoms. The predicted octanol–water partition coefficient (Wildman–Crippen LogP) is 4.27. The number of benzene rings is 2. The van der Waals surface area contributed by atoms with E-state index in [1.165, 1.54) is 16.7 Å². The molecule has 2 aromatic carbocycles. The van der Waals surface area contributed by atoms with Crippen LogP contribution in [0.25, 0.3) is 6.08 Å². The summed E-state index contributed by atoms with van der Waals surface area (Å²) >= 11 is 0. The quantitative estimate of drug-likeness (QED) is 0.684. The molecule has 0 aliphatic heterocycles. The fourth-order valence-corrected chi connectivity index (χ4v) is 2.20. The molecule has 1 atom stereocenters. The van der Waals surface area contributed by atoms with Gasteiger partial charge >= 0.3 is 0 Å². The van der Waals surface area contributed by atoms with Crippen LogP contribution < -0.4 is 0 Å². The first kappa shape index (κ1) is 11.0. The van der Waals surface area contributed by atoms with Crippen LogP contribution in [-0.2, 0) is 0 Å². The number of rotatable bonds is 1. The van der Waals surface area contributed by atoms with Crippen molar-refractivity contribution in [3.8, 4) is 0 Å². The molecule has 0 aromatic heterocycles. The van der Waals surface area contributed by atoms with Crippen molar-refractivity contribution in [2.45, 2.75) is 5.92 Å². The highest BCUT2D eigenvalue weighted by atomic mass is 35.5. The molecule has 1 heteroatoms. The summed E-state index contributed by atoms with van der Waals surface area (Å²) in [6, 6.07) is 19.2. The Hall–Kier alpha value is -1.53. The molecular weight excluding hydrogens is 216 g/mol. The van der Waals surface area contributed by atoms with Crippen LogP contribution in [0.3, 0.4) is 0 Å². The Balaban J connectivity index is 0.000000963. The van der Waals surface area contributed by atoms with Gasteiger partial charge < -0.3 is 0 Å². The van der Waals surface area contributed by atoms with E-state index in [2.05, 4.69) is 66.7 Å². The molecule has 0 bridgehead atoms. The number of fused-ring (bicyclic) bond motifs is 1. The van der Waals surface area contributed by atoms with Crippen molar-refractivity contribution in [2.24, 2.45) is 0 Å². The van der Waals surface area contributed by atoms with Crippen molar-refractivity contribution in [1.82, 2.24) is 0 Å². The lowest BCUT2D eigenvalue weighted by Crippen LogP contribution is -1.94. The van der Waals surface area contributed by atoms with Crippen LogP contribution in [0.4, 0.5) is 0 Å². The van der Waals surface area contributed by atoms with Crippen molar-refractivity contribution >= 4 is 18.5 Å². The first-order chi connectivity index (χ1) is 7.45. The minimum Gasteiger partial charge on any atom is -0.147 e. The van der Waals surface area contributed by atoms with Crippen molar-refractivity contribution < 1.29 is 0 Å². The van der Waals surface area contributed by atoms with E-state index in [1.807, 2.05) is 0 Å². The second-order valence-corrected chi connectivity index (χ2v) is 3.88. The summed E-state index contributed by atoms with van der Waals surface area (Å²) in [6.07, 6.45) is 4.49. The molecule has 0 saturated carbocycles. The zero-order valence-corrected chi connectivity index (χ0v) is 9.65. The lowest BCUT2D eigenvalue weighted by Gasteiger charge is -2.10. The zero-order chi connectivity index (χ0) is 10.1. The van der Waals surface area contributed by atoms with E-state index in [9.17, 15) is 0 Å². The predicted molar refractivity (Wildman–Crippen MR) is 71.0 cm³/mol. The fraction of sp³-hybridized carbons (Fsp3) is 0.0667. The number of allylic oxidation sites excluding steroid dienone is 1. The Labute approximate surface area is 102 Å². The molecule has 3 rings (SSSR count). The number of hydrogen-bond donors (Lipinski definition) is 0. The Morgan fingerprint density at radius 3 is 2.25 bits per heavy atom. The van der Waals surface area contributed by atoms with Gasteiger partial charge in [-0.25, -0.2) is 0 Å². The Kier molecular flexibility index (Phi) is 3.12. The maximum absolute atomic E-state index is 2.28. The molecule has 16 heavy (non-hydrogen) atoms. The molecule has 0 fully saturated rings. The van der Waals surface area contributed by atoms with Gasteiger partial charge in [0.25, 0.3) is 0 Å². The van der Waals surface area contributed by atoms with E-state index in [-0.39, 0.29) is 12.4 Å². The summed E-state index contributed by atoms with van der Waals surface area (Å²) in [5.74, 6) is 0.447. The summed E-state index contributed by atoms with van der Waals surface area (Å²) in [4.78, 5) is 0. The molecule has 2 aromatic rings. The smallest absolute Gasteiger partial charge is 0.0278 e. The second kappa shape index (κ2) is 4.54. The summed E-state index contributed by atoms with van der Waals surface area (Å²) in [5.41, 5.74) is 4.15. The maximum Gasteiger partial charge on any atom is 0.0278 e. The van der Waals surface area contributed by atoms with Gasteiger partial charge in [0, 0.05) is 5.92 Å². The highest BCUT2D eigenvalue weighted by molar-refractivity contribution is 5.85. The first-order valence-electron chi connectivity index (χ1n) is 5.27. The molecule has 1 unspecified atom stereocenters. The first-order valence-corrected chi connectivity index (χ1v) is 5.27. The van der Waals surface area contributed by atoms with E-state index in [0.29, 0.717) is 5.92 Å². The summed E-state index contributed by atoms with van der Waals surface area (Å²) in [7, 11) is 0. The highest BCUT2D eigenvalue weighted by Crippen LogP contribution is 2.34. The monoisotopic (exact) mass is 228 g/mol.